The number of nitrogens with zero attached hydrogens (tertiary/aromatic N) is 5. The number of nitrogens with one attached hydrogen (secondary N) is 1. The molecule has 1 aromatic heterocycles. The lowest BCUT2D eigenvalue weighted by Crippen LogP contribution is -2.44. The van der Waals surface area contributed by atoms with Gasteiger partial charge >= 0.3 is 6.01 Å². The molecule has 2 heterocycles. The molecule has 1 saturated heterocycles. The van der Waals surface area contributed by atoms with Crippen LogP contribution in [0.15, 0.2) is 44.2 Å². The fourth-order valence-electron chi connectivity index (χ4n) is 4.04. The van der Waals surface area contributed by atoms with E-state index in [1.165, 1.54) is 6.92 Å². The zero-order chi connectivity index (χ0) is 26.9. The summed E-state index contributed by atoms with van der Waals surface area (Å²) < 4.78 is 63.9. The normalized spacial score (nSPS) is 15.7. The van der Waals surface area contributed by atoms with E-state index in [0.717, 1.165) is 37.9 Å². The molecule has 1 atom stereocenters. The summed E-state index contributed by atoms with van der Waals surface area (Å²) in [5, 5.41) is 8.22. The van der Waals surface area contributed by atoms with E-state index in [-0.39, 0.29) is 16.3 Å². The molecule has 4 rings (SSSR count). The smallest absolute Gasteiger partial charge is 0.322 e. The van der Waals surface area contributed by atoms with Crippen LogP contribution in [0.1, 0.15) is 25.7 Å². The summed E-state index contributed by atoms with van der Waals surface area (Å²) >= 11 is 5.69. The quantitative estimate of drug-likeness (QED) is 0.350. The molecule has 14 heteroatoms. The first kappa shape index (κ1) is 27.9. The van der Waals surface area contributed by atoms with Gasteiger partial charge in [0.1, 0.15) is 16.5 Å². The number of piperazine rings is 1. The molecule has 1 aliphatic rings. The SMILES string of the molecule is CCn1c(Oc2cccc(N3CCN(C)CC3)c2)nnc1[C@@H](C)NS(=O)(=O)c1c(F)c(Br)cc(F)c1Br. The highest BCUT2D eigenvalue weighted by molar-refractivity contribution is 9.11. The van der Waals surface area contributed by atoms with E-state index in [0.29, 0.717) is 12.3 Å². The van der Waals surface area contributed by atoms with Crippen molar-refractivity contribution in [1.82, 2.24) is 24.4 Å². The predicted molar refractivity (Wildman–Crippen MR) is 142 cm³/mol. The fourth-order valence-corrected chi connectivity index (χ4v) is 6.86. The van der Waals surface area contributed by atoms with Gasteiger partial charge in [-0.25, -0.2) is 21.9 Å². The van der Waals surface area contributed by atoms with Gasteiger partial charge in [0.2, 0.25) is 10.0 Å². The van der Waals surface area contributed by atoms with Crippen molar-refractivity contribution in [1.29, 1.82) is 0 Å². The van der Waals surface area contributed by atoms with E-state index in [9.17, 15) is 17.2 Å². The minimum Gasteiger partial charge on any atom is -0.424 e. The second kappa shape index (κ2) is 11.3. The van der Waals surface area contributed by atoms with Gasteiger partial charge in [-0.2, -0.15) is 0 Å². The molecule has 1 aliphatic heterocycles. The number of halogens is 4. The van der Waals surface area contributed by atoms with Crippen LogP contribution in [0.25, 0.3) is 0 Å². The molecule has 1 fully saturated rings. The molecule has 9 nitrogen and oxygen atoms in total. The molecule has 0 bridgehead atoms. The van der Waals surface area contributed by atoms with Crippen LogP contribution >= 0.6 is 31.9 Å². The van der Waals surface area contributed by atoms with E-state index >= 15 is 0 Å². The molecule has 0 amide bonds. The average Bonchev–Trinajstić information content (AvgIpc) is 3.25. The summed E-state index contributed by atoms with van der Waals surface area (Å²) in [5.74, 6) is -1.22. The highest BCUT2D eigenvalue weighted by Crippen LogP contribution is 2.34. The molecule has 2 aromatic carbocycles. The standard InChI is InChI=1S/C23H26Br2F2N6O3S/c1-4-33-22(14(2)30-37(34,35)21-19(25)18(26)13-17(24)20(21)27)28-29-23(33)36-16-7-5-6-15(12-16)32-10-8-31(3)9-11-32/h5-7,12-14,30H,4,8-11H2,1-3H3/t14-/m1/s1. The highest BCUT2D eigenvalue weighted by atomic mass is 79.9. The average molecular weight is 664 g/mol. The minimum atomic E-state index is -4.48. The van der Waals surface area contributed by atoms with Crippen molar-refractivity contribution < 1.29 is 21.9 Å². The van der Waals surface area contributed by atoms with Crippen molar-refractivity contribution in [2.45, 2.75) is 31.3 Å². The van der Waals surface area contributed by atoms with Crippen LogP contribution in [0.2, 0.25) is 0 Å². The maximum Gasteiger partial charge on any atom is 0.322 e. The number of likely N-dealkylation sites (N-methyl/N-ethyl adjacent to an activating group) is 1. The van der Waals surface area contributed by atoms with Crippen LogP contribution in [0.3, 0.4) is 0 Å². The van der Waals surface area contributed by atoms with E-state index in [1.807, 2.05) is 31.2 Å². The maximum absolute atomic E-state index is 14.6. The Morgan fingerprint density at radius 2 is 1.84 bits per heavy atom. The summed E-state index contributed by atoms with van der Waals surface area (Å²) in [4.78, 5) is 3.71. The van der Waals surface area contributed by atoms with E-state index in [4.69, 9.17) is 4.74 Å². The van der Waals surface area contributed by atoms with Crippen molar-refractivity contribution in [3.8, 4) is 11.8 Å². The van der Waals surface area contributed by atoms with Gasteiger partial charge in [0.15, 0.2) is 11.6 Å². The Morgan fingerprint density at radius 1 is 1.14 bits per heavy atom. The number of aromatic nitrogens is 3. The lowest BCUT2D eigenvalue weighted by molar-refractivity contribution is 0.312. The Balaban J connectivity index is 1.56. The third-order valence-corrected chi connectivity index (χ3v) is 9.22. The van der Waals surface area contributed by atoms with Crippen LogP contribution in [0.4, 0.5) is 14.5 Å². The molecule has 0 radical (unpaired) electrons. The number of hydrogen-bond donors (Lipinski definition) is 1. The first-order chi connectivity index (χ1) is 17.5. The first-order valence-electron chi connectivity index (χ1n) is 11.5. The molecule has 0 aliphatic carbocycles. The number of rotatable bonds is 8. The fraction of sp³-hybridized carbons (Fsp3) is 0.391. The van der Waals surface area contributed by atoms with E-state index in [1.54, 1.807) is 4.57 Å². The number of ether oxygens (including phenoxy) is 1. The third kappa shape index (κ3) is 5.98. The monoisotopic (exact) mass is 662 g/mol. The molecule has 0 spiro atoms. The minimum absolute atomic E-state index is 0.180. The first-order valence-corrected chi connectivity index (χ1v) is 14.6. The second-order valence-corrected chi connectivity index (χ2v) is 11.9. The van der Waals surface area contributed by atoms with Crippen LogP contribution in [0.5, 0.6) is 11.8 Å². The Labute approximate surface area is 231 Å². The van der Waals surface area contributed by atoms with E-state index < -0.39 is 37.1 Å². The Morgan fingerprint density at radius 3 is 2.51 bits per heavy atom. The third-order valence-electron chi connectivity index (χ3n) is 6.02. The van der Waals surface area contributed by atoms with Crippen LogP contribution in [-0.4, -0.2) is 61.3 Å². The van der Waals surface area contributed by atoms with Crippen molar-refractivity contribution in [2.24, 2.45) is 0 Å². The van der Waals surface area contributed by atoms with E-state index in [2.05, 4.69) is 63.6 Å². The lowest BCUT2D eigenvalue weighted by Gasteiger charge is -2.34. The van der Waals surface area contributed by atoms with Gasteiger partial charge in [-0.1, -0.05) is 11.2 Å². The maximum atomic E-state index is 14.6. The zero-order valence-electron chi connectivity index (χ0n) is 20.4. The summed E-state index contributed by atoms with van der Waals surface area (Å²) in [7, 11) is -2.39. The summed E-state index contributed by atoms with van der Waals surface area (Å²) in [6.07, 6.45) is 0. The molecular formula is C23H26Br2F2N6O3S. The zero-order valence-corrected chi connectivity index (χ0v) is 24.4. The number of benzene rings is 2. The van der Waals surface area contributed by atoms with Gasteiger partial charge in [-0.15, -0.1) is 5.10 Å². The van der Waals surface area contributed by atoms with Gasteiger partial charge in [0.25, 0.3) is 0 Å². The lowest BCUT2D eigenvalue weighted by atomic mass is 10.2. The summed E-state index contributed by atoms with van der Waals surface area (Å²) in [6, 6.07) is 7.75. The Kier molecular flexibility index (Phi) is 8.53. The van der Waals surface area contributed by atoms with Crippen molar-refractivity contribution in [3.63, 3.8) is 0 Å². The van der Waals surface area contributed by atoms with Gasteiger partial charge in [-0.3, -0.25) is 4.57 Å². The topological polar surface area (TPSA) is 92.6 Å². The van der Waals surface area contributed by atoms with Crippen molar-refractivity contribution in [3.05, 3.63) is 56.7 Å². The largest absolute Gasteiger partial charge is 0.424 e. The second-order valence-electron chi connectivity index (χ2n) is 8.62. The summed E-state index contributed by atoms with van der Waals surface area (Å²) in [6.45, 7) is 7.51. The van der Waals surface area contributed by atoms with Crippen molar-refractivity contribution >= 4 is 47.6 Å². The van der Waals surface area contributed by atoms with Gasteiger partial charge in [-0.05, 0) is 71.0 Å². The molecule has 1 N–H and O–H groups in total. The van der Waals surface area contributed by atoms with Crippen LogP contribution in [-0.2, 0) is 16.6 Å². The molecule has 37 heavy (non-hydrogen) atoms. The van der Waals surface area contributed by atoms with Crippen LogP contribution < -0.4 is 14.4 Å². The molecular weight excluding hydrogens is 638 g/mol. The highest BCUT2D eigenvalue weighted by Gasteiger charge is 2.30. The Bertz CT molecular complexity index is 1370. The number of anilines is 1. The number of sulfonamides is 1. The number of hydrogen-bond acceptors (Lipinski definition) is 7. The van der Waals surface area contributed by atoms with Gasteiger partial charge in [0.05, 0.1) is 15.0 Å². The summed E-state index contributed by atoms with van der Waals surface area (Å²) in [5.41, 5.74) is 1.03. The molecule has 3 aromatic rings. The predicted octanol–water partition coefficient (Wildman–Crippen LogP) is 4.68. The molecule has 0 saturated carbocycles. The Hall–Kier alpha value is -2.13. The van der Waals surface area contributed by atoms with Crippen LogP contribution in [0, 0.1) is 11.6 Å². The molecule has 0 unspecified atom stereocenters. The van der Waals surface area contributed by atoms with Crippen molar-refractivity contribution in [2.75, 3.05) is 38.1 Å². The molecule has 200 valence electrons. The van der Waals surface area contributed by atoms with Gasteiger partial charge < -0.3 is 14.5 Å². The van der Waals surface area contributed by atoms with Gasteiger partial charge in [0, 0.05) is 44.5 Å².